The first kappa shape index (κ1) is 14.7. The lowest BCUT2D eigenvalue weighted by Crippen LogP contribution is -2.38. The number of anilines is 1. The number of rotatable bonds is 6. The molecule has 1 aliphatic carbocycles. The molecule has 1 saturated heterocycles. The molecule has 3 rings (SSSR count). The van der Waals surface area contributed by atoms with Crippen LogP contribution in [0.25, 0.3) is 0 Å². The summed E-state index contributed by atoms with van der Waals surface area (Å²) in [6, 6.07) is 6.13. The summed E-state index contributed by atoms with van der Waals surface area (Å²) in [6.07, 6.45) is 5.13. The lowest BCUT2D eigenvalue weighted by atomic mass is 10.1. The van der Waals surface area contributed by atoms with Crippen molar-refractivity contribution in [3.63, 3.8) is 0 Å². The molecule has 1 saturated carbocycles. The first-order valence-electron chi connectivity index (χ1n) is 7.71. The molecule has 2 aliphatic rings. The topological polar surface area (TPSA) is 58.4 Å². The average Bonchev–Trinajstić information content (AvgIpc) is 3.11. The Bertz CT molecular complexity index is 524. The van der Waals surface area contributed by atoms with E-state index in [1.807, 2.05) is 12.1 Å². The summed E-state index contributed by atoms with van der Waals surface area (Å²) in [4.78, 5) is 13.7. The van der Waals surface area contributed by atoms with Crippen molar-refractivity contribution in [3.8, 4) is 0 Å². The van der Waals surface area contributed by atoms with Gasteiger partial charge in [0.2, 0.25) is 5.91 Å². The quantitative estimate of drug-likeness (QED) is 0.848. The highest BCUT2D eigenvalue weighted by atomic mass is 35.5. The number of nitrogens with zero attached hydrogens (tertiary/aromatic N) is 1. The Balaban J connectivity index is 1.77. The van der Waals surface area contributed by atoms with Gasteiger partial charge in [-0.15, -0.1) is 0 Å². The van der Waals surface area contributed by atoms with Crippen molar-refractivity contribution >= 4 is 23.2 Å². The number of benzene rings is 1. The summed E-state index contributed by atoms with van der Waals surface area (Å²) in [5.41, 5.74) is 6.80. The van der Waals surface area contributed by atoms with Gasteiger partial charge in [-0.2, -0.15) is 0 Å². The van der Waals surface area contributed by atoms with Gasteiger partial charge in [-0.3, -0.25) is 4.79 Å². The summed E-state index contributed by atoms with van der Waals surface area (Å²) >= 11 is 6.19. The lowest BCUT2D eigenvalue weighted by Gasteiger charge is -2.28. The fourth-order valence-electron chi connectivity index (χ4n) is 2.98. The Morgan fingerprint density at radius 1 is 1.33 bits per heavy atom. The van der Waals surface area contributed by atoms with Crippen LogP contribution in [0.4, 0.5) is 5.69 Å². The highest BCUT2D eigenvalue weighted by Crippen LogP contribution is 2.33. The van der Waals surface area contributed by atoms with Crippen LogP contribution in [0, 0.1) is 5.92 Å². The minimum absolute atomic E-state index is 0.394. The maximum Gasteiger partial charge on any atom is 0.250 e. The summed E-state index contributed by atoms with van der Waals surface area (Å²) in [6.45, 7) is 3.19. The molecule has 1 aromatic carbocycles. The molecule has 0 aromatic heterocycles. The van der Waals surface area contributed by atoms with Gasteiger partial charge in [0.15, 0.2) is 0 Å². The maximum absolute atomic E-state index is 11.3. The Kier molecular flexibility index (Phi) is 4.36. The van der Waals surface area contributed by atoms with Crippen molar-refractivity contribution in [2.75, 3.05) is 24.5 Å². The summed E-state index contributed by atoms with van der Waals surface area (Å²) in [7, 11) is 0. The molecule has 3 N–H and O–H groups in total. The number of carbonyl (C=O) groups is 1. The molecule has 1 heterocycles. The third-order valence-electron chi connectivity index (χ3n) is 4.36. The number of hydrogen-bond acceptors (Lipinski definition) is 3. The van der Waals surface area contributed by atoms with Gasteiger partial charge in [-0.05, 0) is 56.3 Å². The Hall–Kier alpha value is -1.26. The first-order chi connectivity index (χ1) is 10.1. The van der Waals surface area contributed by atoms with Crippen molar-refractivity contribution in [2.45, 2.75) is 31.7 Å². The van der Waals surface area contributed by atoms with Crippen LogP contribution in [0.15, 0.2) is 18.2 Å². The van der Waals surface area contributed by atoms with Gasteiger partial charge >= 0.3 is 0 Å². The van der Waals surface area contributed by atoms with Crippen molar-refractivity contribution in [1.82, 2.24) is 5.32 Å². The molecule has 1 unspecified atom stereocenters. The van der Waals surface area contributed by atoms with E-state index >= 15 is 0 Å². The van der Waals surface area contributed by atoms with Gasteiger partial charge in [0.1, 0.15) is 0 Å². The highest BCUT2D eigenvalue weighted by molar-refractivity contribution is 6.34. The lowest BCUT2D eigenvalue weighted by molar-refractivity contribution is 0.100. The normalized spacial score (nSPS) is 21.5. The van der Waals surface area contributed by atoms with Gasteiger partial charge in [0.25, 0.3) is 0 Å². The minimum atomic E-state index is -0.474. The average molecular weight is 308 g/mol. The second-order valence-corrected chi connectivity index (χ2v) is 6.58. The van der Waals surface area contributed by atoms with Crippen LogP contribution in [-0.4, -0.2) is 31.6 Å². The molecule has 114 valence electrons. The third kappa shape index (κ3) is 3.69. The van der Waals surface area contributed by atoms with Gasteiger partial charge in [0.05, 0.1) is 10.6 Å². The smallest absolute Gasteiger partial charge is 0.250 e. The van der Waals surface area contributed by atoms with Crippen LogP contribution >= 0.6 is 11.6 Å². The van der Waals surface area contributed by atoms with E-state index < -0.39 is 5.91 Å². The standard InChI is InChI=1S/C16H22ClN3O/c17-15-8-13(5-6-14(15)16(18)21)20(9-11-3-4-11)10-12-2-1-7-19-12/h5-6,8,11-12,19H,1-4,7,9-10H2,(H2,18,21). The van der Waals surface area contributed by atoms with E-state index in [1.54, 1.807) is 6.07 Å². The van der Waals surface area contributed by atoms with Crippen LogP contribution in [0.2, 0.25) is 5.02 Å². The molecule has 1 atom stereocenters. The van der Waals surface area contributed by atoms with Crippen LogP contribution in [0.3, 0.4) is 0 Å². The maximum atomic E-state index is 11.3. The number of carbonyl (C=O) groups excluding carboxylic acids is 1. The predicted molar refractivity (Wildman–Crippen MR) is 85.9 cm³/mol. The molecule has 4 nitrogen and oxygen atoms in total. The molecule has 1 aromatic rings. The molecule has 0 radical (unpaired) electrons. The van der Waals surface area contributed by atoms with Crippen molar-refractivity contribution in [3.05, 3.63) is 28.8 Å². The Labute approximate surface area is 130 Å². The van der Waals surface area contributed by atoms with E-state index in [0.717, 1.165) is 31.2 Å². The van der Waals surface area contributed by atoms with Gasteiger partial charge in [0, 0.05) is 24.8 Å². The highest BCUT2D eigenvalue weighted by Gasteiger charge is 2.27. The molecule has 21 heavy (non-hydrogen) atoms. The Morgan fingerprint density at radius 3 is 2.71 bits per heavy atom. The molecule has 2 fully saturated rings. The van der Waals surface area contributed by atoms with E-state index in [4.69, 9.17) is 17.3 Å². The van der Waals surface area contributed by atoms with E-state index in [-0.39, 0.29) is 0 Å². The van der Waals surface area contributed by atoms with E-state index in [2.05, 4.69) is 10.2 Å². The molecule has 1 aliphatic heterocycles. The second kappa shape index (κ2) is 6.24. The molecular formula is C16H22ClN3O. The zero-order valence-corrected chi connectivity index (χ0v) is 12.9. The monoisotopic (exact) mass is 307 g/mol. The number of hydrogen-bond donors (Lipinski definition) is 2. The number of amides is 1. The molecule has 0 spiro atoms. The van der Waals surface area contributed by atoms with Crippen LogP contribution in [-0.2, 0) is 0 Å². The van der Waals surface area contributed by atoms with E-state index in [0.29, 0.717) is 16.6 Å². The van der Waals surface area contributed by atoms with Crippen molar-refractivity contribution in [2.24, 2.45) is 11.7 Å². The Morgan fingerprint density at radius 2 is 2.14 bits per heavy atom. The van der Waals surface area contributed by atoms with Crippen LogP contribution in [0.5, 0.6) is 0 Å². The fourth-order valence-corrected chi connectivity index (χ4v) is 3.24. The predicted octanol–water partition coefficient (Wildman–Crippen LogP) is 2.41. The van der Waals surface area contributed by atoms with Gasteiger partial charge < -0.3 is 16.0 Å². The zero-order valence-electron chi connectivity index (χ0n) is 12.1. The van der Waals surface area contributed by atoms with Gasteiger partial charge in [-0.1, -0.05) is 11.6 Å². The van der Waals surface area contributed by atoms with Crippen LogP contribution < -0.4 is 16.0 Å². The van der Waals surface area contributed by atoms with Gasteiger partial charge in [-0.25, -0.2) is 0 Å². The van der Waals surface area contributed by atoms with Crippen molar-refractivity contribution < 1.29 is 4.79 Å². The summed E-state index contributed by atoms with van der Waals surface area (Å²) in [5.74, 6) is 0.332. The summed E-state index contributed by atoms with van der Waals surface area (Å²) < 4.78 is 0. The second-order valence-electron chi connectivity index (χ2n) is 6.17. The third-order valence-corrected chi connectivity index (χ3v) is 4.67. The largest absolute Gasteiger partial charge is 0.370 e. The number of primary amides is 1. The molecule has 5 heteroatoms. The molecular weight excluding hydrogens is 286 g/mol. The SMILES string of the molecule is NC(=O)c1ccc(N(CC2CC2)CC2CCCN2)cc1Cl. The van der Waals surface area contributed by atoms with E-state index in [1.165, 1.54) is 25.7 Å². The molecule has 1 amide bonds. The van der Waals surface area contributed by atoms with E-state index in [9.17, 15) is 4.79 Å². The number of nitrogens with one attached hydrogen (secondary N) is 1. The molecule has 0 bridgehead atoms. The van der Waals surface area contributed by atoms with Crippen LogP contribution in [0.1, 0.15) is 36.0 Å². The fraction of sp³-hybridized carbons (Fsp3) is 0.562. The number of halogens is 1. The van der Waals surface area contributed by atoms with Crippen molar-refractivity contribution in [1.29, 1.82) is 0 Å². The minimum Gasteiger partial charge on any atom is -0.370 e. The number of nitrogens with two attached hydrogens (primary N) is 1. The zero-order chi connectivity index (χ0) is 14.8. The first-order valence-corrected chi connectivity index (χ1v) is 8.09. The summed E-state index contributed by atoms with van der Waals surface area (Å²) in [5, 5.41) is 3.99.